The maximum absolute atomic E-state index is 13.0. The van der Waals surface area contributed by atoms with Crippen LogP contribution < -0.4 is 5.32 Å². The molecule has 5 nitrogen and oxygen atoms in total. The number of hydrogen-bond donors (Lipinski definition) is 2. The largest absolute Gasteiger partial charge is 0.506 e. The third-order valence-electron chi connectivity index (χ3n) is 4.00. The maximum Gasteiger partial charge on any atom is 0.254 e. The number of rotatable bonds is 4. The molecule has 1 amide bonds. The van der Waals surface area contributed by atoms with Gasteiger partial charge in [0, 0.05) is 12.6 Å². The summed E-state index contributed by atoms with van der Waals surface area (Å²) in [5.41, 5.74) is 0.796. The number of nitrogens with one attached hydrogen (secondary N) is 1. The van der Waals surface area contributed by atoms with E-state index >= 15 is 0 Å². The van der Waals surface area contributed by atoms with Gasteiger partial charge in [-0.3, -0.25) is 4.79 Å². The summed E-state index contributed by atoms with van der Waals surface area (Å²) >= 11 is 0. The van der Waals surface area contributed by atoms with Crippen LogP contribution in [0.5, 0.6) is 5.75 Å². The van der Waals surface area contributed by atoms with Crippen molar-refractivity contribution in [2.75, 3.05) is 7.05 Å². The summed E-state index contributed by atoms with van der Waals surface area (Å²) < 4.78 is 26.0. The number of aromatic hydroxyl groups is 1. The molecule has 0 bridgehead atoms. The van der Waals surface area contributed by atoms with Crippen molar-refractivity contribution in [1.29, 1.82) is 0 Å². The fourth-order valence-corrected chi connectivity index (χ4v) is 3.98. The number of phenolic OH excluding ortho intramolecular Hbond substituents is 1. The predicted octanol–water partition coefficient (Wildman–Crippen LogP) is 3.25. The van der Waals surface area contributed by atoms with Gasteiger partial charge in [0.15, 0.2) is 0 Å². The molecule has 0 aliphatic rings. The molecule has 0 saturated carbocycles. The van der Waals surface area contributed by atoms with Gasteiger partial charge in [-0.1, -0.05) is 48.5 Å². The van der Waals surface area contributed by atoms with Crippen LogP contribution in [0.15, 0.2) is 82.6 Å². The lowest BCUT2D eigenvalue weighted by atomic mass is 10.0. The van der Waals surface area contributed by atoms with Crippen LogP contribution in [0.2, 0.25) is 0 Å². The molecular formula is C20H17NO4S. The second-order valence-corrected chi connectivity index (χ2v) is 7.58. The summed E-state index contributed by atoms with van der Waals surface area (Å²) in [5.74, 6) is -0.827. The molecule has 0 heterocycles. The van der Waals surface area contributed by atoms with E-state index in [2.05, 4.69) is 5.32 Å². The molecular weight excluding hydrogens is 350 g/mol. The number of hydrogen-bond acceptors (Lipinski definition) is 4. The molecule has 0 aliphatic carbocycles. The summed E-state index contributed by atoms with van der Waals surface area (Å²) in [6.45, 7) is 0. The molecule has 3 rings (SSSR count). The number of benzene rings is 3. The number of carbonyl (C=O) groups is 1. The third kappa shape index (κ3) is 3.19. The van der Waals surface area contributed by atoms with E-state index in [1.54, 1.807) is 42.5 Å². The lowest BCUT2D eigenvalue weighted by molar-refractivity contribution is 0.0960. The summed E-state index contributed by atoms with van der Waals surface area (Å²) in [6.07, 6.45) is 0. The van der Waals surface area contributed by atoms with Gasteiger partial charge >= 0.3 is 0 Å². The fourth-order valence-electron chi connectivity index (χ4n) is 2.64. The Hall–Kier alpha value is -3.12. The van der Waals surface area contributed by atoms with Crippen molar-refractivity contribution >= 4 is 15.7 Å². The van der Waals surface area contributed by atoms with Crippen LogP contribution in [0.25, 0.3) is 11.1 Å². The Morgan fingerprint density at radius 2 is 1.46 bits per heavy atom. The Kier molecular flexibility index (Phi) is 4.77. The lowest BCUT2D eigenvalue weighted by Crippen LogP contribution is -2.19. The average molecular weight is 367 g/mol. The van der Waals surface area contributed by atoms with Gasteiger partial charge in [0.05, 0.1) is 15.4 Å². The smallest absolute Gasteiger partial charge is 0.254 e. The zero-order chi connectivity index (χ0) is 18.7. The van der Waals surface area contributed by atoms with E-state index < -0.39 is 15.7 Å². The van der Waals surface area contributed by atoms with Gasteiger partial charge in [-0.05, 0) is 29.8 Å². The first-order chi connectivity index (χ1) is 12.4. The van der Waals surface area contributed by atoms with Crippen LogP contribution in [0.1, 0.15) is 10.4 Å². The first-order valence-corrected chi connectivity index (χ1v) is 9.38. The van der Waals surface area contributed by atoms with Crippen LogP contribution >= 0.6 is 0 Å². The minimum atomic E-state index is -3.84. The summed E-state index contributed by atoms with van der Waals surface area (Å²) in [6, 6.07) is 19.4. The molecule has 0 saturated heterocycles. The third-order valence-corrected chi connectivity index (χ3v) is 5.75. The van der Waals surface area contributed by atoms with E-state index in [0.29, 0.717) is 5.56 Å². The molecule has 0 fully saturated rings. The van der Waals surface area contributed by atoms with Crippen molar-refractivity contribution in [3.05, 3.63) is 78.4 Å². The van der Waals surface area contributed by atoms with Crippen molar-refractivity contribution in [3.8, 4) is 16.9 Å². The molecule has 0 aromatic heterocycles. The van der Waals surface area contributed by atoms with Crippen LogP contribution in [0.4, 0.5) is 0 Å². The van der Waals surface area contributed by atoms with E-state index in [-0.39, 0.29) is 26.7 Å². The maximum atomic E-state index is 13.0. The average Bonchev–Trinajstić information content (AvgIpc) is 2.68. The monoisotopic (exact) mass is 367 g/mol. The Labute approximate surface area is 151 Å². The predicted molar refractivity (Wildman–Crippen MR) is 98.8 cm³/mol. The molecule has 3 aromatic rings. The number of sulfone groups is 1. The van der Waals surface area contributed by atoms with Crippen molar-refractivity contribution in [1.82, 2.24) is 5.32 Å². The highest BCUT2D eigenvalue weighted by molar-refractivity contribution is 7.91. The first kappa shape index (κ1) is 17.7. The number of amides is 1. The second kappa shape index (κ2) is 7.01. The van der Waals surface area contributed by atoms with Crippen LogP contribution in [-0.2, 0) is 9.84 Å². The highest BCUT2D eigenvalue weighted by atomic mass is 32.2. The minimum absolute atomic E-state index is 0.0565. The topological polar surface area (TPSA) is 83.5 Å². The number of phenols is 1. The molecule has 132 valence electrons. The zero-order valence-electron chi connectivity index (χ0n) is 14.0. The van der Waals surface area contributed by atoms with E-state index in [4.69, 9.17) is 0 Å². The zero-order valence-corrected chi connectivity index (χ0v) is 14.8. The van der Waals surface area contributed by atoms with E-state index in [1.165, 1.54) is 31.3 Å². The van der Waals surface area contributed by atoms with E-state index in [9.17, 15) is 18.3 Å². The standard InChI is InChI=1S/C20H17NO4S/c1-21-20(23)18-13-16(26(24,25)15-10-6-3-7-11-15)12-17(19(18)22)14-8-4-2-5-9-14/h2-13,22H,1H3,(H,21,23). The lowest BCUT2D eigenvalue weighted by Gasteiger charge is -2.13. The molecule has 6 heteroatoms. The quantitative estimate of drug-likeness (QED) is 0.741. The van der Waals surface area contributed by atoms with Crippen molar-refractivity contribution in [3.63, 3.8) is 0 Å². The van der Waals surface area contributed by atoms with Gasteiger partial charge in [0.1, 0.15) is 5.75 Å². The SMILES string of the molecule is CNC(=O)c1cc(S(=O)(=O)c2ccccc2)cc(-c2ccccc2)c1O. The number of carbonyl (C=O) groups excluding carboxylic acids is 1. The molecule has 2 N–H and O–H groups in total. The van der Waals surface area contributed by atoms with Crippen molar-refractivity contribution in [2.24, 2.45) is 0 Å². The van der Waals surface area contributed by atoms with Gasteiger partial charge in [-0.15, -0.1) is 0 Å². The van der Waals surface area contributed by atoms with E-state index in [0.717, 1.165) is 0 Å². The van der Waals surface area contributed by atoms with Crippen molar-refractivity contribution < 1.29 is 18.3 Å². The molecule has 0 spiro atoms. The first-order valence-electron chi connectivity index (χ1n) is 7.90. The van der Waals surface area contributed by atoms with Gasteiger partial charge in [-0.2, -0.15) is 0 Å². The Morgan fingerprint density at radius 1 is 0.885 bits per heavy atom. The highest BCUT2D eigenvalue weighted by Gasteiger charge is 2.24. The van der Waals surface area contributed by atoms with E-state index in [1.807, 2.05) is 6.07 Å². The molecule has 0 atom stereocenters. The molecule has 3 aromatic carbocycles. The minimum Gasteiger partial charge on any atom is -0.506 e. The molecule has 0 radical (unpaired) electrons. The Morgan fingerprint density at radius 3 is 2.04 bits per heavy atom. The van der Waals surface area contributed by atoms with Crippen LogP contribution in [-0.4, -0.2) is 26.5 Å². The summed E-state index contributed by atoms with van der Waals surface area (Å²) in [4.78, 5) is 12.2. The fraction of sp³-hybridized carbons (Fsp3) is 0.0500. The molecule has 0 aliphatic heterocycles. The van der Waals surface area contributed by atoms with Gasteiger partial charge < -0.3 is 10.4 Å². The van der Waals surface area contributed by atoms with Gasteiger partial charge in [0.2, 0.25) is 9.84 Å². The normalized spacial score (nSPS) is 11.1. The molecule has 26 heavy (non-hydrogen) atoms. The van der Waals surface area contributed by atoms with Crippen LogP contribution in [0, 0.1) is 0 Å². The summed E-state index contributed by atoms with van der Waals surface area (Å²) in [7, 11) is -2.42. The van der Waals surface area contributed by atoms with Crippen LogP contribution in [0.3, 0.4) is 0 Å². The molecule has 0 unspecified atom stereocenters. The Balaban J connectivity index is 2.29. The summed E-state index contributed by atoms with van der Waals surface area (Å²) in [5, 5.41) is 13.0. The van der Waals surface area contributed by atoms with Gasteiger partial charge in [0.25, 0.3) is 5.91 Å². The highest BCUT2D eigenvalue weighted by Crippen LogP contribution is 2.36. The second-order valence-electron chi connectivity index (χ2n) is 5.63. The van der Waals surface area contributed by atoms with Gasteiger partial charge in [-0.25, -0.2) is 8.42 Å². The van der Waals surface area contributed by atoms with Crippen molar-refractivity contribution in [2.45, 2.75) is 9.79 Å². The Bertz CT molecular complexity index is 1050.